The van der Waals surface area contributed by atoms with E-state index in [-0.39, 0.29) is 17.7 Å². The van der Waals surface area contributed by atoms with Gasteiger partial charge in [-0.2, -0.15) is 5.10 Å². The smallest absolute Gasteiger partial charge is 0.245 e. The van der Waals surface area contributed by atoms with Crippen molar-refractivity contribution in [3.63, 3.8) is 0 Å². The third-order valence-corrected chi connectivity index (χ3v) is 4.31. The molecule has 0 aliphatic rings. The molecule has 6 heteroatoms. The number of benzene rings is 1. The highest BCUT2D eigenvalue weighted by molar-refractivity contribution is 5.86. The molecule has 6 nitrogen and oxygen atoms in total. The Morgan fingerprint density at radius 3 is 2.54 bits per heavy atom. The molecule has 0 aliphatic carbocycles. The van der Waals surface area contributed by atoms with Gasteiger partial charge in [-0.1, -0.05) is 44.2 Å². The number of aromatic amines is 1. The molecule has 2 amide bonds. The quantitative estimate of drug-likeness (QED) is 0.763. The predicted octanol–water partition coefficient (Wildman–Crippen LogP) is 2.63. The molecule has 0 aliphatic heterocycles. The van der Waals surface area contributed by atoms with Crippen LogP contribution in [0.2, 0.25) is 0 Å². The lowest BCUT2D eigenvalue weighted by atomic mass is 10.0. The molecule has 2 aromatic rings. The fourth-order valence-electron chi connectivity index (χ4n) is 2.83. The number of carbonyl (C=O) groups is 2. The lowest BCUT2D eigenvalue weighted by molar-refractivity contribution is -0.136. The summed E-state index contributed by atoms with van der Waals surface area (Å²) in [5.41, 5.74) is 3.06. The van der Waals surface area contributed by atoms with E-state index in [9.17, 15) is 9.59 Å². The number of hydrogen-bond acceptors (Lipinski definition) is 3. The first-order valence-corrected chi connectivity index (χ1v) is 9.00. The van der Waals surface area contributed by atoms with Crippen LogP contribution in [0.15, 0.2) is 36.4 Å². The number of aryl methyl sites for hydroxylation is 1. The van der Waals surface area contributed by atoms with E-state index in [1.807, 2.05) is 50.2 Å². The predicted molar refractivity (Wildman–Crippen MR) is 102 cm³/mol. The third-order valence-electron chi connectivity index (χ3n) is 4.31. The van der Waals surface area contributed by atoms with Crippen LogP contribution in [0.4, 0.5) is 0 Å². The van der Waals surface area contributed by atoms with Crippen molar-refractivity contribution < 1.29 is 9.59 Å². The summed E-state index contributed by atoms with van der Waals surface area (Å²) >= 11 is 0. The van der Waals surface area contributed by atoms with Gasteiger partial charge in [0, 0.05) is 31.8 Å². The average molecular weight is 356 g/mol. The van der Waals surface area contributed by atoms with Crippen molar-refractivity contribution in [2.75, 3.05) is 13.6 Å². The van der Waals surface area contributed by atoms with Crippen molar-refractivity contribution in [2.24, 2.45) is 5.92 Å². The number of rotatable bonds is 8. The van der Waals surface area contributed by atoms with Gasteiger partial charge in [0.2, 0.25) is 11.8 Å². The fraction of sp³-hybridized carbons (Fsp3) is 0.450. The third kappa shape index (κ3) is 5.44. The molecule has 0 saturated carbocycles. The van der Waals surface area contributed by atoms with E-state index < -0.39 is 6.04 Å². The van der Waals surface area contributed by atoms with Gasteiger partial charge < -0.3 is 10.2 Å². The van der Waals surface area contributed by atoms with Gasteiger partial charge in [-0.15, -0.1) is 0 Å². The Morgan fingerprint density at radius 1 is 1.23 bits per heavy atom. The van der Waals surface area contributed by atoms with Gasteiger partial charge in [-0.25, -0.2) is 0 Å². The molecule has 26 heavy (non-hydrogen) atoms. The number of nitrogens with zero attached hydrogens (tertiary/aromatic N) is 2. The maximum atomic E-state index is 12.5. The van der Waals surface area contributed by atoms with E-state index >= 15 is 0 Å². The van der Waals surface area contributed by atoms with Crippen LogP contribution >= 0.6 is 0 Å². The standard InChI is InChI=1S/C20H28N4O2/c1-14(2)19(21-15(3)25)20(26)24(4)12-8-11-17-13-18(23-22-17)16-9-6-5-7-10-16/h5-7,9-10,13-14,19H,8,11-12H2,1-4H3,(H,21,25)(H,22,23). The molecule has 0 fully saturated rings. The normalized spacial score (nSPS) is 12.0. The van der Waals surface area contributed by atoms with Crippen LogP contribution in [0.25, 0.3) is 11.3 Å². The number of carbonyl (C=O) groups excluding carboxylic acids is 2. The van der Waals surface area contributed by atoms with Crippen LogP contribution in [0, 0.1) is 5.92 Å². The van der Waals surface area contributed by atoms with Gasteiger partial charge in [0.25, 0.3) is 0 Å². The summed E-state index contributed by atoms with van der Waals surface area (Å²) in [5.74, 6) is -0.184. The van der Waals surface area contributed by atoms with E-state index in [1.54, 1.807) is 11.9 Å². The second-order valence-electron chi connectivity index (χ2n) is 6.93. The average Bonchev–Trinajstić information content (AvgIpc) is 3.08. The lowest BCUT2D eigenvalue weighted by Gasteiger charge is -2.26. The first-order chi connectivity index (χ1) is 12.4. The first kappa shape index (κ1) is 19.7. The molecule has 1 atom stereocenters. The summed E-state index contributed by atoms with van der Waals surface area (Å²) < 4.78 is 0. The highest BCUT2D eigenvalue weighted by atomic mass is 16.2. The summed E-state index contributed by atoms with van der Waals surface area (Å²) in [6.07, 6.45) is 1.63. The van der Waals surface area contributed by atoms with Crippen LogP contribution in [-0.2, 0) is 16.0 Å². The Labute approximate surface area is 155 Å². The minimum absolute atomic E-state index is 0.0508. The molecule has 0 spiro atoms. The number of hydrogen-bond donors (Lipinski definition) is 2. The monoisotopic (exact) mass is 356 g/mol. The zero-order valence-corrected chi connectivity index (χ0v) is 16.0. The van der Waals surface area contributed by atoms with Gasteiger partial charge in [-0.3, -0.25) is 14.7 Å². The molecule has 1 heterocycles. The number of likely N-dealkylation sites (N-methyl/N-ethyl adjacent to an activating group) is 1. The number of nitrogens with one attached hydrogen (secondary N) is 2. The summed E-state index contributed by atoms with van der Waals surface area (Å²) in [7, 11) is 1.78. The van der Waals surface area contributed by atoms with Crippen molar-refractivity contribution >= 4 is 11.8 Å². The lowest BCUT2D eigenvalue weighted by Crippen LogP contribution is -2.49. The molecular formula is C20H28N4O2. The van der Waals surface area contributed by atoms with Crippen LogP contribution in [0.5, 0.6) is 0 Å². The molecule has 0 radical (unpaired) electrons. The second kappa shape index (κ2) is 9.17. The SMILES string of the molecule is CC(=O)NC(C(=O)N(C)CCCc1cc(-c2ccccc2)n[nH]1)C(C)C. The van der Waals surface area contributed by atoms with Crippen LogP contribution < -0.4 is 5.32 Å². The topological polar surface area (TPSA) is 78.1 Å². The minimum Gasteiger partial charge on any atom is -0.344 e. The van der Waals surface area contributed by atoms with Gasteiger partial charge in [0.05, 0.1) is 5.69 Å². The van der Waals surface area contributed by atoms with Gasteiger partial charge >= 0.3 is 0 Å². The van der Waals surface area contributed by atoms with Crippen LogP contribution in [0.3, 0.4) is 0 Å². The van der Waals surface area contributed by atoms with Crippen molar-refractivity contribution in [2.45, 2.75) is 39.7 Å². The molecule has 1 aromatic carbocycles. The summed E-state index contributed by atoms with van der Waals surface area (Å²) in [4.78, 5) is 25.5. The zero-order valence-electron chi connectivity index (χ0n) is 16.0. The van der Waals surface area contributed by atoms with Crippen molar-refractivity contribution in [1.29, 1.82) is 0 Å². The number of aromatic nitrogens is 2. The van der Waals surface area contributed by atoms with E-state index in [1.165, 1.54) is 6.92 Å². The van der Waals surface area contributed by atoms with Crippen LogP contribution in [0.1, 0.15) is 32.9 Å². The molecule has 2 N–H and O–H groups in total. The van der Waals surface area contributed by atoms with E-state index in [4.69, 9.17) is 0 Å². The molecule has 2 rings (SSSR count). The number of H-pyrrole nitrogens is 1. The van der Waals surface area contributed by atoms with E-state index in [0.717, 1.165) is 29.8 Å². The first-order valence-electron chi connectivity index (χ1n) is 9.00. The summed E-state index contributed by atoms with van der Waals surface area (Å²) in [6.45, 7) is 5.93. The Kier molecular flexibility index (Phi) is 6.95. The maximum absolute atomic E-state index is 12.5. The summed E-state index contributed by atoms with van der Waals surface area (Å²) in [6, 6.07) is 11.6. The van der Waals surface area contributed by atoms with Crippen molar-refractivity contribution in [3.05, 3.63) is 42.1 Å². The van der Waals surface area contributed by atoms with Gasteiger partial charge in [0.15, 0.2) is 0 Å². The van der Waals surface area contributed by atoms with Crippen molar-refractivity contribution in [1.82, 2.24) is 20.4 Å². The largest absolute Gasteiger partial charge is 0.344 e. The highest BCUT2D eigenvalue weighted by Crippen LogP contribution is 2.17. The van der Waals surface area contributed by atoms with Crippen molar-refractivity contribution in [3.8, 4) is 11.3 Å². The summed E-state index contributed by atoms with van der Waals surface area (Å²) in [5, 5.41) is 10.2. The Bertz CT molecular complexity index is 724. The molecule has 0 bridgehead atoms. The fourth-order valence-corrected chi connectivity index (χ4v) is 2.83. The van der Waals surface area contributed by atoms with Crippen LogP contribution in [-0.4, -0.2) is 46.5 Å². The number of amides is 2. The van der Waals surface area contributed by atoms with E-state index in [2.05, 4.69) is 15.5 Å². The van der Waals surface area contributed by atoms with Gasteiger partial charge in [0.1, 0.15) is 6.04 Å². The van der Waals surface area contributed by atoms with Gasteiger partial charge in [-0.05, 0) is 24.8 Å². The minimum atomic E-state index is -0.477. The zero-order chi connectivity index (χ0) is 19.1. The van der Waals surface area contributed by atoms with E-state index in [0.29, 0.717) is 6.54 Å². The molecule has 1 unspecified atom stereocenters. The highest BCUT2D eigenvalue weighted by Gasteiger charge is 2.25. The Hall–Kier alpha value is -2.63. The molecule has 0 saturated heterocycles. The Balaban J connectivity index is 1.86. The Morgan fingerprint density at radius 2 is 1.92 bits per heavy atom. The molecule has 140 valence electrons. The second-order valence-corrected chi connectivity index (χ2v) is 6.93. The molecular weight excluding hydrogens is 328 g/mol. The maximum Gasteiger partial charge on any atom is 0.245 e. The molecule has 1 aromatic heterocycles.